The van der Waals surface area contributed by atoms with Crippen molar-refractivity contribution < 1.29 is 13.6 Å². The summed E-state index contributed by atoms with van der Waals surface area (Å²) in [6.07, 6.45) is 6.92. The summed E-state index contributed by atoms with van der Waals surface area (Å²) in [6.45, 7) is 4.34. The maximum atomic E-state index is 14.1. The molecule has 1 heterocycles. The average Bonchev–Trinajstić information content (AvgIpc) is 3.17. The van der Waals surface area contributed by atoms with Crippen LogP contribution in [0.3, 0.4) is 0 Å². The lowest BCUT2D eigenvalue weighted by atomic mass is 9.85. The molecule has 3 nitrogen and oxygen atoms in total. The van der Waals surface area contributed by atoms with Crippen LogP contribution in [0.5, 0.6) is 0 Å². The van der Waals surface area contributed by atoms with Crippen LogP contribution in [0.2, 0.25) is 0 Å². The van der Waals surface area contributed by atoms with Gasteiger partial charge in [0.1, 0.15) is 11.6 Å². The van der Waals surface area contributed by atoms with E-state index < -0.39 is 11.6 Å². The first-order valence-corrected chi connectivity index (χ1v) is 9.98. The van der Waals surface area contributed by atoms with Crippen molar-refractivity contribution in [1.82, 2.24) is 10.2 Å². The molecule has 1 aliphatic carbocycles. The Labute approximate surface area is 155 Å². The first-order valence-electron chi connectivity index (χ1n) is 9.98. The summed E-state index contributed by atoms with van der Waals surface area (Å²) in [5.41, 5.74) is 0.275. The fourth-order valence-electron chi connectivity index (χ4n) is 4.41. The van der Waals surface area contributed by atoms with Crippen LogP contribution in [-0.2, 0) is 11.3 Å². The van der Waals surface area contributed by atoms with Crippen LogP contribution in [0, 0.1) is 23.5 Å². The predicted molar refractivity (Wildman–Crippen MR) is 98.5 cm³/mol. The van der Waals surface area contributed by atoms with Gasteiger partial charge < -0.3 is 10.2 Å². The van der Waals surface area contributed by atoms with Gasteiger partial charge in [-0.1, -0.05) is 19.8 Å². The van der Waals surface area contributed by atoms with E-state index in [4.69, 9.17) is 0 Å². The third-order valence-corrected chi connectivity index (χ3v) is 6.07. The van der Waals surface area contributed by atoms with Crippen LogP contribution in [0.25, 0.3) is 0 Å². The maximum Gasteiger partial charge on any atom is 0.223 e. The Morgan fingerprint density at radius 2 is 2.00 bits per heavy atom. The summed E-state index contributed by atoms with van der Waals surface area (Å²) in [5.74, 6) is 0.00724. The highest BCUT2D eigenvalue weighted by Crippen LogP contribution is 2.29. The van der Waals surface area contributed by atoms with Crippen LogP contribution < -0.4 is 5.32 Å². The van der Waals surface area contributed by atoms with E-state index in [0.29, 0.717) is 18.3 Å². The molecule has 0 spiro atoms. The van der Waals surface area contributed by atoms with Gasteiger partial charge in [0.25, 0.3) is 0 Å². The van der Waals surface area contributed by atoms with Crippen molar-refractivity contribution in [3.05, 3.63) is 35.4 Å². The number of amides is 1. The Bertz CT molecular complexity index is 610. The Hall–Kier alpha value is -1.49. The Balaban J connectivity index is 1.70. The van der Waals surface area contributed by atoms with Gasteiger partial charge in [-0.2, -0.15) is 0 Å². The summed E-state index contributed by atoms with van der Waals surface area (Å²) in [4.78, 5) is 14.9. The third-order valence-electron chi connectivity index (χ3n) is 6.07. The van der Waals surface area contributed by atoms with Gasteiger partial charge in [0, 0.05) is 24.6 Å². The number of halogens is 2. The molecule has 1 N–H and O–H groups in total. The third kappa shape index (κ3) is 4.81. The molecule has 1 saturated carbocycles. The number of carbonyl (C=O) groups is 1. The number of rotatable bonds is 6. The zero-order chi connectivity index (χ0) is 18.5. The summed E-state index contributed by atoms with van der Waals surface area (Å²) in [5, 5.41) is 3.41. The largest absolute Gasteiger partial charge is 0.335 e. The zero-order valence-electron chi connectivity index (χ0n) is 15.6. The highest BCUT2D eigenvalue weighted by molar-refractivity contribution is 5.77. The van der Waals surface area contributed by atoms with Gasteiger partial charge >= 0.3 is 0 Å². The highest BCUT2D eigenvalue weighted by atomic mass is 19.1. The number of hydrogen-bond acceptors (Lipinski definition) is 2. The lowest BCUT2D eigenvalue weighted by Crippen LogP contribution is -2.41. The number of benzene rings is 1. The summed E-state index contributed by atoms with van der Waals surface area (Å²) < 4.78 is 27.7. The SMILES string of the molecule is CC(CC(=O)N(Cc1cc(F)ccc1F)C1CCCC1)C1CCCNC1. The van der Waals surface area contributed by atoms with Gasteiger partial charge in [-0.05, 0) is 68.8 Å². The van der Waals surface area contributed by atoms with Gasteiger partial charge in [0.2, 0.25) is 5.91 Å². The lowest BCUT2D eigenvalue weighted by Gasteiger charge is -2.33. The Morgan fingerprint density at radius 1 is 1.23 bits per heavy atom. The smallest absolute Gasteiger partial charge is 0.223 e. The maximum absolute atomic E-state index is 14.1. The second-order valence-corrected chi connectivity index (χ2v) is 7.98. The molecule has 1 saturated heterocycles. The minimum atomic E-state index is -0.457. The molecule has 2 unspecified atom stereocenters. The predicted octanol–water partition coefficient (Wildman–Crippen LogP) is 4.26. The number of hydrogen-bond donors (Lipinski definition) is 1. The van der Waals surface area contributed by atoms with Crippen LogP contribution in [0.1, 0.15) is 57.4 Å². The first-order chi connectivity index (χ1) is 12.5. The van der Waals surface area contributed by atoms with Crippen LogP contribution in [0.4, 0.5) is 8.78 Å². The molecule has 2 aliphatic rings. The monoisotopic (exact) mass is 364 g/mol. The molecule has 1 amide bonds. The molecule has 2 fully saturated rings. The molecule has 2 atom stereocenters. The highest BCUT2D eigenvalue weighted by Gasteiger charge is 2.30. The number of nitrogens with zero attached hydrogens (tertiary/aromatic N) is 1. The van der Waals surface area contributed by atoms with Crippen LogP contribution >= 0.6 is 0 Å². The van der Waals surface area contributed by atoms with Gasteiger partial charge in [-0.15, -0.1) is 0 Å². The molecule has 0 radical (unpaired) electrons. The van der Waals surface area contributed by atoms with E-state index in [0.717, 1.165) is 63.7 Å². The minimum absolute atomic E-state index is 0.0821. The van der Waals surface area contributed by atoms with E-state index in [1.54, 1.807) is 0 Å². The molecule has 1 aromatic carbocycles. The number of carbonyl (C=O) groups excluding carboxylic acids is 1. The molecule has 0 bridgehead atoms. The van der Waals surface area contributed by atoms with E-state index in [9.17, 15) is 13.6 Å². The van der Waals surface area contributed by atoms with Crippen molar-refractivity contribution in [3.8, 4) is 0 Å². The molecule has 3 rings (SSSR count). The normalized spacial score (nSPS) is 22.3. The second kappa shape index (κ2) is 8.94. The van der Waals surface area contributed by atoms with E-state index in [-0.39, 0.29) is 24.1 Å². The van der Waals surface area contributed by atoms with Crippen molar-refractivity contribution in [2.24, 2.45) is 11.8 Å². The van der Waals surface area contributed by atoms with Crippen molar-refractivity contribution in [2.45, 2.75) is 64.5 Å². The second-order valence-electron chi connectivity index (χ2n) is 7.98. The molecule has 5 heteroatoms. The molecule has 1 aromatic rings. The molecular formula is C21H30F2N2O. The van der Waals surface area contributed by atoms with E-state index in [2.05, 4.69) is 12.2 Å². The van der Waals surface area contributed by atoms with Gasteiger partial charge in [-0.25, -0.2) is 8.78 Å². The van der Waals surface area contributed by atoms with Gasteiger partial charge in [0.05, 0.1) is 0 Å². The fraction of sp³-hybridized carbons (Fsp3) is 0.667. The minimum Gasteiger partial charge on any atom is -0.335 e. The van der Waals surface area contributed by atoms with E-state index >= 15 is 0 Å². The Morgan fingerprint density at radius 3 is 2.69 bits per heavy atom. The van der Waals surface area contributed by atoms with Gasteiger partial charge in [0.15, 0.2) is 0 Å². The molecular weight excluding hydrogens is 334 g/mol. The fourth-order valence-corrected chi connectivity index (χ4v) is 4.41. The van der Waals surface area contributed by atoms with E-state index in [1.807, 2.05) is 4.90 Å². The van der Waals surface area contributed by atoms with Crippen LogP contribution in [-0.4, -0.2) is 29.9 Å². The molecule has 144 valence electrons. The topological polar surface area (TPSA) is 32.3 Å². The van der Waals surface area contributed by atoms with Crippen molar-refractivity contribution in [3.63, 3.8) is 0 Å². The Kier molecular flexibility index (Phi) is 6.63. The molecule has 0 aromatic heterocycles. The average molecular weight is 364 g/mol. The van der Waals surface area contributed by atoms with Gasteiger partial charge in [-0.3, -0.25) is 4.79 Å². The zero-order valence-corrected chi connectivity index (χ0v) is 15.6. The summed E-state index contributed by atoms with van der Waals surface area (Å²) in [6, 6.07) is 3.65. The number of piperidine rings is 1. The number of nitrogens with one attached hydrogen (secondary N) is 1. The van der Waals surface area contributed by atoms with Crippen molar-refractivity contribution in [2.75, 3.05) is 13.1 Å². The van der Waals surface area contributed by atoms with Crippen LogP contribution in [0.15, 0.2) is 18.2 Å². The van der Waals surface area contributed by atoms with Crippen molar-refractivity contribution >= 4 is 5.91 Å². The molecule has 26 heavy (non-hydrogen) atoms. The van der Waals surface area contributed by atoms with E-state index in [1.165, 1.54) is 6.07 Å². The summed E-state index contributed by atoms with van der Waals surface area (Å²) in [7, 11) is 0. The van der Waals surface area contributed by atoms with Crippen molar-refractivity contribution in [1.29, 1.82) is 0 Å². The first kappa shape index (κ1) is 19.3. The summed E-state index contributed by atoms with van der Waals surface area (Å²) >= 11 is 0. The lowest BCUT2D eigenvalue weighted by molar-refractivity contribution is -0.135. The standard InChI is InChI=1S/C21H30F2N2O/c1-15(16-5-4-10-24-13-16)11-21(26)25(19-6-2-3-7-19)14-17-12-18(22)8-9-20(17)23/h8-9,12,15-16,19,24H,2-7,10-11,13-14H2,1H3. The molecule has 1 aliphatic heterocycles. The quantitative estimate of drug-likeness (QED) is 0.818.